The maximum absolute atomic E-state index is 11.9. The van der Waals surface area contributed by atoms with Crippen LogP contribution in [0.1, 0.15) is 34.1 Å². The maximum Gasteiger partial charge on any atom is 0.228 e. The summed E-state index contributed by atoms with van der Waals surface area (Å²) in [7, 11) is 0. The lowest BCUT2D eigenvalue weighted by molar-refractivity contribution is 0.101. The van der Waals surface area contributed by atoms with Crippen LogP contribution in [0, 0.1) is 20.8 Å². The number of anilines is 2. The summed E-state index contributed by atoms with van der Waals surface area (Å²) >= 11 is 0. The number of aromatic nitrogens is 2. The molecule has 0 saturated carbocycles. The number of hydrogen-bond donors (Lipinski definition) is 1. The van der Waals surface area contributed by atoms with Crippen molar-refractivity contribution in [2.75, 3.05) is 5.32 Å². The molecule has 0 aliphatic heterocycles. The minimum absolute atomic E-state index is 0.0606. The molecule has 2 aromatic carbocycles. The number of carbonyl (C=O) groups is 1. The summed E-state index contributed by atoms with van der Waals surface area (Å²) in [5.41, 5.74) is 6.33. The van der Waals surface area contributed by atoms with Crippen molar-refractivity contribution >= 4 is 17.4 Å². The zero-order chi connectivity index (χ0) is 18.0. The third-order valence-corrected chi connectivity index (χ3v) is 4.31. The highest BCUT2D eigenvalue weighted by atomic mass is 16.1. The van der Waals surface area contributed by atoms with E-state index < -0.39 is 0 Å². The van der Waals surface area contributed by atoms with Crippen LogP contribution in [0.2, 0.25) is 0 Å². The Bertz CT molecular complexity index is 933. The van der Waals surface area contributed by atoms with Crippen LogP contribution in [0.25, 0.3) is 11.3 Å². The summed E-state index contributed by atoms with van der Waals surface area (Å²) < 4.78 is 0. The molecule has 25 heavy (non-hydrogen) atoms. The number of para-hydroxylation sites is 1. The normalized spacial score (nSPS) is 10.6. The van der Waals surface area contributed by atoms with Gasteiger partial charge in [0.1, 0.15) is 0 Å². The highest BCUT2D eigenvalue weighted by Crippen LogP contribution is 2.27. The van der Waals surface area contributed by atoms with Crippen molar-refractivity contribution in [3.63, 3.8) is 0 Å². The second kappa shape index (κ2) is 6.85. The van der Waals surface area contributed by atoms with Crippen molar-refractivity contribution in [1.29, 1.82) is 0 Å². The molecule has 0 aliphatic rings. The van der Waals surface area contributed by atoms with Crippen molar-refractivity contribution in [2.24, 2.45) is 0 Å². The van der Waals surface area contributed by atoms with Crippen molar-refractivity contribution < 1.29 is 4.79 Å². The summed E-state index contributed by atoms with van der Waals surface area (Å²) in [5.74, 6) is 0.611. The summed E-state index contributed by atoms with van der Waals surface area (Å²) in [4.78, 5) is 21.1. The highest BCUT2D eigenvalue weighted by molar-refractivity contribution is 5.96. The Morgan fingerprint density at radius 3 is 2.36 bits per heavy atom. The van der Waals surface area contributed by atoms with Gasteiger partial charge in [-0.25, -0.2) is 9.97 Å². The third-order valence-electron chi connectivity index (χ3n) is 4.31. The first-order chi connectivity index (χ1) is 12.0. The number of benzene rings is 2. The Morgan fingerprint density at radius 1 is 0.960 bits per heavy atom. The molecule has 0 spiro atoms. The number of rotatable bonds is 4. The van der Waals surface area contributed by atoms with Crippen LogP contribution in [0.3, 0.4) is 0 Å². The standard InChI is InChI=1S/C21H21N3O/c1-13-10-11-17(12-19(13)16(4)25)20-14(2)15(3)22-21(24-20)23-18-8-6-5-7-9-18/h5-12H,1-4H3,(H,22,23,24). The molecular formula is C21H21N3O. The zero-order valence-corrected chi connectivity index (χ0v) is 14.9. The molecule has 1 heterocycles. The van der Waals surface area contributed by atoms with Crippen LogP contribution < -0.4 is 5.32 Å². The van der Waals surface area contributed by atoms with E-state index in [0.717, 1.165) is 39.3 Å². The van der Waals surface area contributed by atoms with E-state index in [1.54, 1.807) is 6.92 Å². The van der Waals surface area contributed by atoms with Gasteiger partial charge < -0.3 is 5.32 Å². The van der Waals surface area contributed by atoms with Gasteiger partial charge in [0.25, 0.3) is 0 Å². The molecule has 0 fully saturated rings. The third kappa shape index (κ3) is 3.58. The van der Waals surface area contributed by atoms with Crippen molar-refractivity contribution in [3.8, 4) is 11.3 Å². The van der Waals surface area contributed by atoms with Crippen LogP contribution in [0.5, 0.6) is 0 Å². The van der Waals surface area contributed by atoms with Gasteiger partial charge in [-0.1, -0.05) is 30.3 Å². The van der Waals surface area contributed by atoms with Gasteiger partial charge in [0.15, 0.2) is 5.78 Å². The molecule has 4 heteroatoms. The summed E-state index contributed by atoms with van der Waals surface area (Å²) in [6.07, 6.45) is 0. The van der Waals surface area contributed by atoms with Gasteiger partial charge in [0.2, 0.25) is 5.95 Å². The van der Waals surface area contributed by atoms with E-state index in [9.17, 15) is 4.79 Å². The number of nitrogens with zero attached hydrogens (tertiary/aromatic N) is 2. The number of aryl methyl sites for hydroxylation is 2. The fourth-order valence-corrected chi connectivity index (χ4v) is 2.76. The van der Waals surface area contributed by atoms with Crippen LogP contribution in [0.4, 0.5) is 11.6 Å². The van der Waals surface area contributed by atoms with Gasteiger partial charge in [-0.2, -0.15) is 0 Å². The first-order valence-corrected chi connectivity index (χ1v) is 8.25. The van der Waals surface area contributed by atoms with Crippen molar-refractivity contribution in [2.45, 2.75) is 27.7 Å². The van der Waals surface area contributed by atoms with Crippen molar-refractivity contribution in [3.05, 3.63) is 70.9 Å². The quantitative estimate of drug-likeness (QED) is 0.682. The number of hydrogen-bond acceptors (Lipinski definition) is 4. The Morgan fingerprint density at radius 2 is 1.68 bits per heavy atom. The molecule has 3 rings (SSSR count). The van der Waals surface area contributed by atoms with Gasteiger partial charge in [0.05, 0.1) is 5.69 Å². The lowest BCUT2D eigenvalue weighted by atomic mass is 9.98. The van der Waals surface area contributed by atoms with Crippen LogP contribution >= 0.6 is 0 Å². The summed E-state index contributed by atoms with van der Waals surface area (Å²) in [6.45, 7) is 7.51. The van der Waals surface area contributed by atoms with Gasteiger partial charge in [-0.15, -0.1) is 0 Å². The Hall–Kier alpha value is -3.01. The number of Topliss-reactive ketones (excluding diaryl/α,β-unsaturated/α-hetero) is 1. The van der Waals surface area contributed by atoms with Gasteiger partial charge in [-0.3, -0.25) is 4.79 Å². The van der Waals surface area contributed by atoms with E-state index in [4.69, 9.17) is 4.98 Å². The summed E-state index contributed by atoms with van der Waals surface area (Å²) in [5, 5.41) is 3.24. The first kappa shape index (κ1) is 16.8. The minimum atomic E-state index is 0.0606. The smallest absolute Gasteiger partial charge is 0.228 e. The molecule has 0 unspecified atom stereocenters. The fraction of sp³-hybridized carbons (Fsp3) is 0.190. The Balaban J connectivity index is 2.07. The summed E-state index contributed by atoms with van der Waals surface area (Å²) in [6, 6.07) is 15.7. The van der Waals surface area contributed by atoms with Crippen molar-refractivity contribution in [1.82, 2.24) is 9.97 Å². The van der Waals surface area contributed by atoms with Crippen LogP contribution in [0.15, 0.2) is 48.5 Å². The Labute approximate surface area is 148 Å². The lowest BCUT2D eigenvalue weighted by Gasteiger charge is -2.13. The van der Waals surface area contributed by atoms with E-state index >= 15 is 0 Å². The molecular weight excluding hydrogens is 310 g/mol. The molecule has 0 radical (unpaired) electrons. The molecule has 0 amide bonds. The topological polar surface area (TPSA) is 54.9 Å². The molecule has 0 atom stereocenters. The van der Waals surface area contributed by atoms with E-state index in [0.29, 0.717) is 5.95 Å². The Kier molecular flexibility index (Phi) is 4.61. The molecule has 3 aromatic rings. The second-order valence-electron chi connectivity index (χ2n) is 6.18. The van der Waals surface area contributed by atoms with Gasteiger partial charge >= 0.3 is 0 Å². The molecule has 126 valence electrons. The van der Waals surface area contributed by atoms with Gasteiger partial charge in [0, 0.05) is 22.5 Å². The van der Waals surface area contributed by atoms with Gasteiger partial charge in [-0.05, 0) is 57.0 Å². The monoisotopic (exact) mass is 331 g/mol. The molecule has 0 saturated heterocycles. The zero-order valence-electron chi connectivity index (χ0n) is 14.9. The molecule has 1 aromatic heterocycles. The molecule has 4 nitrogen and oxygen atoms in total. The average molecular weight is 331 g/mol. The molecule has 0 bridgehead atoms. The minimum Gasteiger partial charge on any atom is -0.324 e. The van der Waals surface area contributed by atoms with E-state index in [2.05, 4.69) is 10.3 Å². The number of carbonyl (C=O) groups excluding carboxylic acids is 1. The SMILES string of the molecule is CC(=O)c1cc(-c2nc(Nc3ccccc3)nc(C)c2C)ccc1C. The van der Waals surface area contributed by atoms with Crippen LogP contribution in [-0.4, -0.2) is 15.8 Å². The maximum atomic E-state index is 11.9. The molecule has 0 aliphatic carbocycles. The molecule has 1 N–H and O–H groups in total. The first-order valence-electron chi connectivity index (χ1n) is 8.25. The van der Waals surface area contributed by atoms with E-state index in [1.165, 1.54) is 0 Å². The lowest BCUT2D eigenvalue weighted by Crippen LogP contribution is -2.04. The number of ketones is 1. The fourth-order valence-electron chi connectivity index (χ4n) is 2.76. The second-order valence-corrected chi connectivity index (χ2v) is 6.18. The van der Waals surface area contributed by atoms with E-state index in [-0.39, 0.29) is 5.78 Å². The predicted octanol–water partition coefficient (Wildman–Crippen LogP) is 5.02. The highest BCUT2D eigenvalue weighted by Gasteiger charge is 2.13. The largest absolute Gasteiger partial charge is 0.324 e. The average Bonchev–Trinajstić information content (AvgIpc) is 2.59. The predicted molar refractivity (Wildman–Crippen MR) is 101 cm³/mol. The van der Waals surface area contributed by atoms with Crippen LogP contribution in [-0.2, 0) is 0 Å². The number of nitrogens with one attached hydrogen (secondary N) is 1. The van der Waals surface area contributed by atoms with E-state index in [1.807, 2.05) is 69.3 Å².